The molecule has 1 fully saturated rings. The minimum atomic E-state index is -2.18. The molecule has 0 unspecified atom stereocenters. The first kappa shape index (κ1) is 39.7. The van der Waals surface area contributed by atoms with Crippen LogP contribution in [0.25, 0.3) is 0 Å². The lowest BCUT2D eigenvalue weighted by atomic mass is 9.92. The molecule has 280 valence electrons. The summed E-state index contributed by atoms with van der Waals surface area (Å²) in [7, 11) is 0. The lowest BCUT2D eigenvalue weighted by molar-refractivity contribution is -0.168. The average molecular weight is 728 g/mol. The van der Waals surface area contributed by atoms with Crippen molar-refractivity contribution >= 4 is 42.0 Å². The lowest BCUT2D eigenvalue weighted by Gasteiger charge is -2.37. The van der Waals surface area contributed by atoms with Gasteiger partial charge in [-0.2, -0.15) is 0 Å². The first-order valence-corrected chi connectivity index (χ1v) is 17.2. The van der Waals surface area contributed by atoms with E-state index in [4.69, 9.17) is 26.4 Å². The first-order valence-electron chi connectivity index (χ1n) is 17.2. The van der Waals surface area contributed by atoms with Crippen LogP contribution < -0.4 is 22.1 Å². The molecule has 1 aliphatic heterocycles. The number of amides is 4. The highest BCUT2D eigenvalue weighted by Crippen LogP contribution is 2.33. The van der Waals surface area contributed by atoms with E-state index < -0.39 is 59.9 Å². The molecule has 7 N–H and O–H groups in total. The maximum atomic E-state index is 14.3. The molecule has 0 aliphatic carbocycles. The van der Waals surface area contributed by atoms with Gasteiger partial charge in [0.1, 0.15) is 25.5 Å². The van der Waals surface area contributed by atoms with Crippen molar-refractivity contribution in [1.82, 2.24) is 20.4 Å². The number of aldehydes is 1. The molecule has 1 saturated heterocycles. The second-order valence-electron chi connectivity index (χ2n) is 12.5. The summed E-state index contributed by atoms with van der Waals surface area (Å²) in [5.74, 6) is -3.81. The number of nitrogens with one attached hydrogen (secondary N) is 3. The van der Waals surface area contributed by atoms with Crippen molar-refractivity contribution < 1.29 is 38.2 Å². The second kappa shape index (κ2) is 19.5. The summed E-state index contributed by atoms with van der Waals surface area (Å²) in [5, 5.41) is 13.1. The van der Waals surface area contributed by atoms with Gasteiger partial charge in [0, 0.05) is 19.5 Å². The van der Waals surface area contributed by atoms with Crippen LogP contribution in [0.3, 0.4) is 0 Å². The molecule has 0 bridgehead atoms. The van der Waals surface area contributed by atoms with Crippen LogP contribution >= 0.6 is 0 Å². The van der Waals surface area contributed by atoms with Gasteiger partial charge in [-0.1, -0.05) is 91.0 Å². The Kier molecular flexibility index (Phi) is 14.6. The zero-order valence-electron chi connectivity index (χ0n) is 29.3. The van der Waals surface area contributed by atoms with Gasteiger partial charge in [0.05, 0.1) is 12.6 Å². The van der Waals surface area contributed by atoms with Crippen molar-refractivity contribution in [2.75, 3.05) is 19.6 Å². The third-order valence-corrected chi connectivity index (χ3v) is 8.77. The molecule has 4 rings (SSSR count). The number of rotatable bonds is 17. The van der Waals surface area contributed by atoms with Crippen LogP contribution in [0, 0.1) is 5.41 Å². The Bertz CT molecular complexity index is 1730. The second-order valence-corrected chi connectivity index (χ2v) is 12.5. The molecule has 3 atom stereocenters. The Morgan fingerprint density at radius 1 is 0.868 bits per heavy atom. The molecule has 0 aromatic heterocycles. The first-order chi connectivity index (χ1) is 25.6. The standard InChI is InChI=1S/C38H45N7O8/c39-23-32(47)43-31(22-27-12-4-1-5-13-27)33(48)45-21-11-19-38(45,35(50)52-25-28-14-6-2-7-15-28)34(49)42-30(24-46)18-10-20-44(36(40)41)37(51)53-26-29-16-8-3-9-17-29/h1-9,12-17,24,30-31H,10-11,18-23,25-26,39H2,(H3,40,41)(H,42,49)(H,43,47)/t30-,31+,38-/m0/s1. The van der Waals surface area contributed by atoms with Gasteiger partial charge in [-0.05, 0) is 42.4 Å². The monoisotopic (exact) mass is 727 g/mol. The molecule has 3 aromatic carbocycles. The third-order valence-electron chi connectivity index (χ3n) is 8.77. The number of benzene rings is 3. The number of carbonyl (C=O) groups excluding carboxylic acids is 6. The van der Waals surface area contributed by atoms with E-state index in [9.17, 15) is 28.8 Å². The van der Waals surface area contributed by atoms with Crippen LogP contribution in [0.1, 0.15) is 42.4 Å². The molecular weight excluding hydrogens is 682 g/mol. The van der Waals surface area contributed by atoms with Crippen LogP contribution in [-0.4, -0.2) is 89.1 Å². The van der Waals surface area contributed by atoms with E-state index in [2.05, 4.69) is 10.6 Å². The molecule has 0 radical (unpaired) electrons. The van der Waals surface area contributed by atoms with E-state index in [0.29, 0.717) is 17.4 Å². The Morgan fingerprint density at radius 2 is 1.43 bits per heavy atom. The fourth-order valence-electron chi connectivity index (χ4n) is 6.03. The number of likely N-dealkylation sites (tertiary alicyclic amines) is 1. The van der Waals surface area contributed by atoms with Crippen LogP contribution in [0.2, 0.25) is 0 Å². The predicted octanol–water partition coefficient (Wildman–Crippen LogP) is 1.77. The number of guanidine groups is 1. The quantitative estimate of drug-likeness (QED) is 0.0445. The van der Waals surface area contributed by atoms with Gasteiger partial charge >= 0.3 is 12.1 Å². The van der Waals surface area contributed by atoms with Crippen LogP contribution in [-0.2, 0) is 53.1 Å². The zero-order chi connectivity index (χ0) is 38.2. The summed E-state index contributed by atoms with van der Waals surface area (Å²) in [5.41, 5.74) is 11.1. The van der Waals surface area contributed by atoms with Gasteiger partial charge in [-0.3, -0.25) is 19.8 Å². The van der Waals surface area contributed by atoms with Crippen molar-refractivity contribution in [1.29, 1.82) is 5.41 Å². The SMILES string of the molecule is N=C(N)N(CCC[C@@H](C=O)NC(=O)[C@]1(C(=O)OCc2ccccc2)CCCN1C(=O)[C@@H](Cc1ccccc1)NC(=O)CN)C(=O)OCc1ccccc1. The van der Waals surface area contributed by atoms with Crippen molar-refractivity contribution in [3.8, 4) is 0 Å². The summed E-state index contributed by atoms with van der Waals surface area (Å²) in [6.45, 7) is -0.750. The maximum absolute atomic E-state index is 14.3. The normalized spacial score (nSPS) is 16.1. The van der Waals surface area contributed by atoms with Crippen molar-refractivity contribution in [2.24, 2.45) is 11.5 Å². The largest absolute Gasteiger partial charge is 0.459 e. The molecule has 1 heterocycles. The number of ether oxygens (including phenoxy) is 2. The zero-order valence-corrected chi connectivity index (χ0v) is 29.3. The van der Waals surface area contributed by atoms with E-state index >= 15 is 0 Å². The van der Waals surface area contributed by atoms with E-state index in [1.807, 2.05) is 6.07 Å². The predicted molar refractivity (Wildman–Crippen MR) is 194 cm³/mol. The molecular formula is C38H45N7O8. The molecule has 15 nitrogen and oxygen atoms in total. The van der Waals surface area contributed by atoms with E-state index in [0.717, 1.165) is 15.4 Å². The number of carbonyl (C=O) groups is 6. The lowest BCUT2D eigenvalue weighted by Crippen LogP contribution is -2.66. The number of nitrogens with two attached hydrogens (primary N) is 2. The summed E-state index contributed by atoms with van der Waals surface area (Å²) < 4.78 is 11.0. The molecule has 4 amide bonds. The molecule has 15 heteroatoms. The fourth-order valence-corrected chi connectivity index (χ4v) is 6.03. The highest BCUT2D eigenvalue weighted by molar-refractivity contribution is 6.11. The Labute approximate surface area is 307 Å². The minimum absolute atomic E-state index is 0.0130. The summed E-state index contributed by atoms with van der Waals surface area (Å²) in [6.07, 6.45) is -0.117. The van der Waals surface area contributed by atoms with Gasteiger partial charge in [0.25, 0.3) is 5.91 Å². The Morgan fingerprint density at radius 3 is 1.98 bits per heavy atom. The number of hydrogen-bond acceptors (Lipinski definition) is 10. The highest BCUT2D eigenvalue weighted by Gasteiger charge is 2.58. The highest BCUT2D eigenvalue weighted by atomic mass is 16.6. The minimum Gasteiger partial charge on any atom is -0.459 e. The maximum Gasteiger partial charge on any atom is 0.416 e. The van der Waals surface area contributed by atoms with Gasteiger partial charge in [0.2, 0.25) is 17.4 Å². The Hall–Kier alpha value is -6.09. The smallest absolute Gasteiger partial charge is 0.416 e. The molecule has 1 aliphatic rings. The van der Waals surface area contributed by atoms with Crippen molar-refractivity contribution in [2.45, 2.75) is 62.9 Å². The average Bonchev–Trinajstić information content (AvgIpc) is 3.64. The van der Waals surface area contributed by atoms with Crippen molar-refractivity contribution in [3.63, 3.8) is 0 Å². The summed E-state index contributed by atoms with van der Waals surface area (Å²) >= 11 is 0. The number of nitrogens with zero attached hydrogens (tertiary/aromatic N) is 2. The molecule has 0 saturated carbocycles. The van der Waals surface area contributed by atoms with Crippen LogP contribution in [0.4, 0.5) is 4.79 Å². The van der Waals surface area contributed by atoms with Gasteiger partial charge in [-0.25, -0.2) is 14.5 Å². The Balaban J connectivity index is 1.53. The molecule has 53 heavy (non-hydrogen) atoms. The molecule has 3 aromatic rings. The van der Waals surface area contributed by atoms with Gasteiger partial charge in [-0.15, -0.1) is 0 Å². The van der Waals surface area contributed by atoms with Gasteiger partial charge in [0.15, 0.2) is 5.96 Å². The van der Waals surface area contributed by atoms with Crippen LogP contribution in [0.15, 0.2) is 91.0 Å². The van der Waals surface area contributed by atoms with Gasteiger partial charge < -0.3 is 41.3 Å². The number of esters is 1. The fraction of sp³-hybridized carbons (Fsp3) is 0.342. The summed E-state index contributed by atoms with van der Waals surface area (Å²) in [6, 6.07) is 24.3. The molecule has 0 spiro atoms. The van der Waals surface area contributed by atoms with E-state index in [1.165, 1.54) is 0 Å². The summed E-state index contributed by atoms with van der Waals surface area (Å²) in [4.78, 5) is 82.1. The van der Waals surface area contributed by atoms with Crippen molar-refractivity contribution in [3.05, 3.63) is 108 Å². The van der Waals surface area contributed by atoms with Crippen LogP contribution in [0.5, 0.6) is 0 Å². The topological polar surface area (TPSA) is 227 Å². The third kappa shape index (κ3) is 10.7. The van der Waals surface area contributed by atoms with E-state index in [1.54, 1.807) is 84.9 Å². The number of hydrogen-bond donors (Lipinski definition) is 5. The van der Waals surface area contributed by atoms with E-state index in [-0.39, 0.29) is 58.4 Å².